The Morgan fingerprint density at radius 3 is 2.56 bits per heavy atom. The van der Waals surface area contributed by atoms with Crippen molar-refractivity contribution in [2.24, 2.45) is 0 Å². The molecule has 0 unspecified atom stereocenters. The highest BCUT2D eigenvalue weighted by molar-refractivity contribution is 6.04. The highest BCUT2D eigenvalue weighted by atomic mass is 19.1. The van der Waals surface area contributed by atoms with Crippen molar-refractivity contribution < 1.29 is 14.0 Å². The van der Waals surface area contributed by atoms with Crippen LogP contribution in [0.3, 0.4) is 0 Å². The topological polar surface area (TPSA) is 58.2 Å². The predicted octanol–water partition coefficient (Wildman–Crippen LogP) is 1.43. The van der Waals surface area contributed by atoms with Gasteiger partial charge in [-0.05, 0) is 25.0 Å². The molecule has 1 aromatic carbocycles. The summed E-state index contributed by atoms with van der Waals surface area (Å²) in [6.45, 7) is 0. The first-order valence-electron chi connectivity index (χ1n) is 5.03. The zero-order valence-corrected chi connectivity index (χ0v) is 8.50. The maximum Gasteiger partial charge on any atom is 0.321 e. The van der Waals surface area contributed by atoms with Gasteiger partial charge in [-0.2, -0.15) is 0 Å². The van der Waals surface area contributed by atoms with Gasteiger partial charge in [-0.25, -0.2) is 9.18 Å². The summed E-state index contributed by atoms with van der Waals surface area (Å²) >= 11 is 0. The van der Waals surface area contributed by atoms with E-state index >= 15 is 0 Å². The molecule has 1 aliphatic carbocycles. The van der Waals surface area contributed by atoms with E-state index in [-0.39, 0.29) is 11.6 Å². The van der Waals surface area contributed by atoms with Gasteiger partial charge < -0.3 is 5.32 Å². The second-order valence-electron chi connectivity index (χ2n) is 3.68. The number of carbonyl (C=O) groups is 2. The number of hydrogen-bond acceptors (Lipinski definition) is 2. The monoisotopic (exact) mass is 222 g/mol. The number of halogens is 1. The molecule has 0 radical (unpaired) electrons. The van der Waals surface area contributed by atoms with Crippen LogP contribution in [-0.4, -0.2) is 18.0 Å². The van der Waals surface area contributed by atoms with E-state index in [1.165, 1.54) is 24.3 Å². The fourth-order valence-electron chi connectivity index (χ4n) is 1.26. The minimum absolute atomic E-state index is 0.131. The molecular formula is C11H11FN2O2. The van der Waals surface area contributed by atoms with Crippen LogP contribution >= 0.6 is 0 Å². The summed E-state index contributed by atoms with van der Waals surface area (Å²) in [5.74, 6) is -1.37. The molecule has 84 valence electrons. The lowest BCUT2D eigenvalue weighted by Crippen LogP contribution is -2.40. The van der Waals surface area contributed by atoms with E-state index in [0.29, 0.717) is 0 Å². The molecule has 4 nitrogen and oxygen atoms in total. The van der Waals surface area contributed by atoms with Crippen molar-refractivity contribution in [1.82, 2.24) is 10.6 Å². The van der Waals surface area contributed by atoms with Gasteiger partial charge in [0.25, 0.3) is 5.91 Å². The van der Waals surface area contributed by atoms with Crippen LogP contribution in [0.1, 0.15) is 23.2 Å². The summed E-state index contributed by atoms with van der Waals surface area (Å²) < 4.78 is 13.2. The molecule has 5 heteroatoms. The fraction of sp³-hybridized carbons (Fsp3) is 0.273. The first-order chi connectivity index (χ1) is 7.66. The zero-order chi connectivity index (χ0) is 11.5. The minimum atomic E-state index is -0.726. The molecule has 0 saturated heterocycles. The van der Waals surface area contributed by atoms with Gasteiger partial charge in [0.2, 0.25) is 0 Å². The van der Waals surface area contributed by atoms with Crippen molar-refractivity contribution in [3.05, 3.63) is 35.6 Å². The van der Waals surface area contributed by atoms with E-state index in [1.54, 1.807) is 0 Å². The lowest BCUT2D eigenvalue weighted by Gasteiger charge is -2.05. The van der Waals surface area contributed by atoms with E-state index in [2.05, 4.69) is 10.6 Å². The number of rotatable bonds is 2. The predicted molar refractivity (Wildman–Crippen MR) is 55.4 cm³/mol. The van der Waals surface area contributed by atoms with Crippen molar-refractivity contribution in [2.45, 2.75) is 18.9 Å². The molecule has 0 bridgehead atoms. The summed E-state index contributed by atoms with van der Waals surface area (Å²) in [5.41, 5.74) is -0.131. The van der Waals surface area contributed by atoms with Crippen LogP contribution in [0.2, 0.25) is 0 Å². The van der Waals surface area contributed by atoms with E-state index < -0.39 is 17.8 Å². The van der Waals surface area contributed by atoms with E-state index in [4.69, 9.17) is 0 Å². The van der Waals surface area contributed by atoms with Crippen LogP contribution in [0, 0.1) is 5.82 Å². The maximum atomic E-state index is 13.2. The van der Waals surface area contributed by atoms with Gasteiger partial charge in [-0.15, -0.1) is 0 Å². The van der Waals surface area contributed by atoms with E-state index in [9.17, 15) is 14.0 Å². The van der Waals surface area contributed by atoms with Gasteiger partial charge in [0, 0.05) is 6.04 Å². The average molecular weight is 222 g/mol. The highest BCUT2D eigenvalue weighted by Gasteiger charge is 2.24. The SMILES string of the molecule is O=C(NC(=O)c1ccccc1F)NC1CC1. The Kier molecular flexibility index (Phi) is 2.85. The zero-order valence-electron chi connectivity index (χ0n) is 8.50. The second kappa shape index (κ2) is 4.30. The molecule has 0 spiro atoms. The van der Waals surface area contributed by atoms with Crippen molar-refractivity contribution in [3.8, 4) is 0 Å². The molecule has 0 aliphatic heterocycles. The van der Waals surface area contributed by atoms with Crippen LogP contribution in [0.15, 0.2) is 24.3 Å². The molecule has 2 rings (SSSR count). The van der Waals surface area contributed by atoms with Crippen LogP contribution in [-0.2, 0) is 0 Å². The van der Waals surface area contributed by atoms with Gasteiger partial charge in [0.15, 0.2) is 0 Å². The molecule has 16 heavy (non-hydrogen) atoms. The summed E-state index contributed by atoms with van der Waals surface area (Å²) in [7, 11) is 0. The fourth-order valence-corrected chi connectivity index (χ4v) is 1.26. The first-order valence-corrected chi connectivity index (χ1v) is 5.03. The van der Waals surface area contributed by atoms with Gasteiger partial charge in [-0.1, -0.05) is 12.1 Å². The average Bonchev–Trinajstić information content (AvgIpc) is 3.01. The molecule has 0 heterocycles. The van der Waals surface area contributed by atoms with Crippen LogP contribution in [0.25, 0.3) is 0 Å². The van der Waals surface area contributed by atoms with Crippen LogP contribution in [0.5, 0.6) is 0 Å². The molecule has 0 aromatic heterocycles. The summed E-state index contributed by atoms with van der Waals surface area (Å²) in [6, 6.07) is 5.11. The smallest absolute Gasteiger partial charge is 0.321 e. The van der Waals surface area contributed by atoms with E-state index in [1.807, 2.05) is 0 Å². The number of amides is 3. The second-order valence-corrected chi connectivity index (χ2v) is 3.68. The Morgan fingerprint density at radius 2 is 1.94 bits per heavy atom. The Balaban J connectivity index is 1.96. The Hall–Kier alpha value is -1.91. The molecule has 1 fully saturated rings. The standard InChI is InChI=1S/C11H11FN2O2/c12-9-4-2-1-3-8(9)10(15)14-11(16)13-7-5-6-7/h1-4,7H,5-6H2,(H2,13,14,15,16). The Labute approximate surface area is 91.8 Å². The molecule has 1 aromatic rings. The number of carbonyl (C=O) groups excluding carboxylic acids is 2. The summed E-state index contributed by atoms with van der Waals surface area (Å²) in [5, 5.41) is 4.66. The molecule has 1 aliphatic rings. The number of benzene rings is 1. The third-order valence-corrected chi connectivity index (χ3v) is 2.26. The number of nitrogens with one attached hydrogen (secondary N) is 2. The molecule has 3 amide bonds. The number of imide groups is 1. The quantitative estimate of drug-likeness (QED) is 0.795. The van der Waals surface area contributed by atoms with Gasteiger partial charge >= 0.3 is 6.03 Å². The van der Waals surface area contributed by atoms with Gasteiger partial charge in [-0.3, -0.25) is 10.1 Å². The maximum absolute atomic E-state index is 13.2. The molecule has 0 atom stereocenters. The first kappa shape index (κ1) is 10.6. The summed E-state index contributed by atoms with van der Waals surface area (Å²) in [4.78, 5) is 22.7. The molecule has 2 N–H and O–H groups in total. The highest BCUT2D eigenvalue weighted by Crippen LogP contribution is 2.18. The Bertz CT molecular complexity index is 430. The number of hydrogen-bond donors (Lipinski definition) is 2. The van der Waals surface area contributed by atoms with Gasteiger partial charge in [0.05, 0.1) is 5.56 Å². The third-order valence-electron chi connectivity index (χ3n) is 2.26. The third kappa shape index (κ3) is 2.56. The summed E-state index contributed by atoms with van der Waals surface area (Å²) in [6.07, 6.45) is 1.86. The minimum Gasteiger partial charge on any atom is -0.335 e. The van der Waals surface area contributed by atoms with Crippen molar-refractivity contribution in [1.29, 1.82) is 0 Å². The normalized spacial score (nSPS) is 14.3. The lowest BCUT2D eigenvalue weighted by molar-refractivity contribution is 0.0960. The Morgan fingerprint density at radius 1 is 1.25 bits per heavy atom. The lowest BCUT2D eigenvalue weighted by atomic mass is 10.2. The van der Waals surface area contributed by atoms with Crippen LogP contribution < -0.4 is 10.6 Å². The molecular weight excluding hydrogens is 211 g/mol. The van der Waals surface area contributed by atoms with E-state index in [0.717, 1.165) is 12.8 Å². The van der Waals surface area contributed by atoms with Crippen molar-refractivity contribution >= 4 is 11.9 Å². The van der Waals surface area contributed by atoms with Crippen LogP contribution in [0.4, 0.5) is 9.18 Å². The van der Waals surface area contributed by atoms with Gasteiger partial charge in [0.1, 0.15) is 5.82 Å². The number of urea groups is 1. The van der Waals surface area contributed by atoms with Crippen molar-refractivity contribution in [2.75, 3.05) is 0 Å². The largest absolute Gasteiger partial charge is 0.335 e. The molecule has 1 saturated carbocycles. The van der Waals surface area contributed by atoms with Crippen molar-refractivity contribution in [3.63, 3.8) is 0 Å².